The lowest BCUT2D eigenvalue weighted by atomic mass is 9.93. The largest absolute Gasteiger partial charge is 0.267 e. The van der Waals surface area contributed by atoms with Crippen molar-refractivity contribution >= 4 is 0 Å². The van der Waals surface area contributed by atoms with Gasteiger partial charge < -0.3 is 0 Å². The molecule has 0 spiro atoms. The van der Waals surface area contributed by atoms with E-state index in [1.165, 1.54) is 0 Å². The predicted molar refractivity (Wildman–Crippen MR) is 106 cm³/mol. The van der Waals surface area contributed by atoms with Crippen molar-refractivity contribution in [3.8, 4) is 22.3 Å². The highest BCUT2D eigenvalue weighted by molar-refractivity contribution is 5.75. The highest BCUT2D eigenvalue weighted by Crippen LogP contribution is 2.38. The first-order valence-electron chi connectivity index (χ1n) is 9.34. The average Bonchev–Trinajstić information content (AvgIpc) is 2.68. The summed E-state index contributed by atoms with van der Waals surface area (Å²) in [6.07, 6.45) is -0.0618. The minimum Gasteiger partial charge on any atom is -0.206 e. The van der Waals surface area contributed by atoms with E-state index >= 15 is 4.39 Å². The SMILES string of the molecule is CCCc1ccc(-c2ccc(-c3ccc(CC)cc3)c(F)c2C(F)F)cc1. The van der Waals surface area contributed by atoms with Gasteiger partial charge in [0.15, 0.2) is 0 Å². The Bertz CT molecular complexity index is 894. The van der Waals surface area contributed by atoms with E-state index in [9.17, 15) is 8.78 Å². The van der Waals surface area contributed by atoms with Crippen LogP contribution in [0.5, 0.6) is 0 Å². The smallest absolute Gasteiger partial charge is 0.206 e. The summed E-state index contributed by atoms with van der Waals surface area (Å²) < 4.78 is 42.6. The fraction of sp³-hybridized carbons (Fsp3) is 0.250. The molecule has 0 radical (unpaired) electrons. The van der Waals surface area contributed by atoms with Crippen LogP contribution in [0.25, 0.3) is 22.3 Å². The van der Waals surface area contributed by atoms with Gasteiger partial charge in [-0.05, 0) is 40.7 Å². The Kier molecular flexibility index (Phi) is 6.00. The molecular formula is C24H23F3. The van der Waals surface area contributed by atoms with Crippen LogP contribution in [0.15, 0.2) is 60.7 Å². The van der Waals surface area contributed by atoms with Crippen LogP contribution >= 0.6 is 0 Å². The van der Waals surface area contributed by atoms with E-state index in [2.05, 4.69) is 6.92 Å². The number of hydrogen-bond donors (Lipinski definition) is 0. The fourth-order valence-electron chi connectivity index (χ4n) is 3.34. The first-order chi connectivity index (χ1) is 13.0. The molecular weight excluding hydrogens is 345 g/mol. The number of rotatable bonds is 6. The molecule has 0 amide bonds. The van der Waals surface area contributed by atoms with Crippen LogP contribution in [-0.4, -0.2) is 0 Å². The normalized spacial score (nSPS) is 11.2. The van der Waals surface area contributed by atoms with E-state index in [1.807, 2.05) is 31.2 Å². The van der Waals surface area contributed by atoms with Crippen LogP contribution in [0.1, 0.15) is 43.4 Å². The molecule has 0 N–H and O–H groups in total. The van der Waals surface area contributed by atoms with Crippen molar-refractivity contribution in [2.45, 2.75) is 39.5 Å². The molecule has 0 nitrogen and oxygen atoms in total. The molecule has 0 aromatic heterocycles. The molecule has 0 bridgehead atoms. The number of alkyl halides is 2. The van der Waals surface area contributed by atoms with Crippen molar-refractivity contribution < 1.29 is 13.2 Å². The van der Waals surface area contributed by atoms with Crippen molar-refractivity contribution in [3.05, 3.63) is 83.2 Å². The van der Waals surface area contributed by atoms with Crippen LogP contribution in [0.4, 0.5) is 13.2 Å². The summed E-state index contributed by atoms with van der Waals surface area (Å²) in [4.78, 5) is 0. The summed E-state index contributed by atoms with van der Waals surface area (Å²) in [6.45, 7) is 4.12. The van der Waals surface area contributed by atoms with Crippen molar-refractivity contribution in [1.29, 1.82) is 0 Å². The molecule has 3 aromatic carbocycles. The van der Waals surface area contributed by atoms with Crippen molar-refractivity contribution in [2.24, 2.45) is 0 Å². The van der Waals surface area contributed by atoms with Crippen LogP contribution in [0.3, 0.4) is 0 Å². The van der Waals surface area contributed by atoms with Gasteiger partial charge in [0, 0.05) is 5.56 Å². The Morgan fingerprint density at radius 2 is 1.22 bits per heavy atom. The maximum Gasteiger partial charge on any atom is 0.267 e. The van der Waals surface area contributed by atoms with Gasteiger partial charge in [-0.3, -0.25) is 0 Å². The zero-order valence-electron chi connectivity index (χ0n) is 15.6. The van der Waals surface area contributed by atoms with Gasteiger partial charge in [0.2, 0.25) is 0 Å². The monoisotopic (exact) mass is 368 g/mol. The van der Waals surface area contributed by atoms with Gasteiger partial charge >= 0.3 is 0 Å². The summed E-state index contributed by atoms with van der Waals surface area (Å²) in [5.74, 6) is -0.843. The zero-order chi connectivity index (χ0) is 19.4. The van der Waals surface area contributed by atoms with Gasteiger partial charge in [0.05, 0.1) is 5.56 Å². The summed E-state index contributed by atoms with van der Waals surface area (Å²) in [5.41, 5.74) is 3.41. The van der Waals surface area contributed by atoms with Gasteiger partial charge in [-0.1, -0.05) is 80.9 Å². The quantitative estimate of drug-likeness (QED) is 0.420. The summed E-state index contributed by atoms with van der Waals surface area (Å²) in [5, 5.41) is 0. The maximum atomic E-state index is 15.1. The molecule has 0 saturated heterocycles. The minimum atomic E-state index is -2.88. The number of aryl methyl sites for hydroxylation is 2. The first kappa shape index (κ1) is 19.2. The Balaban J connectivity index is 2.06. The van der Waals surface area contributed by atoms with Gasteiger partial charge in [0.25, 0.3) is 6.43 Å². The molecule has 0 heterocycles. The molecule has 0 saturated carbocycles. The topological polar surface area (TPSA) is 0 Å². The van der Waals surface area contributed by atoms with Crippen molar-refractivity contribution in [3.63, 3.8) is 0 Å². The standard InChI is InChI=1S/C24H23F3/c1-3-5-17-8-12-18(13-9-17)20-14-15-21(23(25)22(20)24(26)27)19-10-6-16(4-2)7-11-19/h6-15,24H,3-5H2,1-2H3. The summed E-state index contributed by atoms with van der Waals surface area (Å²) in [7, 11) is 0. The third-order valence-corrected chi connectivity index (χ3v) is 4.87. The van der Waals surface area contributed by atoms with Crippen LogP contribution < -0.4 is 0 Å². The fourth-order valence-corrected chi connectivity index (χ4v) is 3.34. The van der Waals surface area contributed by atoms with Gasteiger partial charge in [0.1, 0.15) is 5.82 Å². The molecule has 0 aliphatic heterocycles. The van der Waals surface area contributed by atoms with Gasteiger partial charge in [-0.25, -0.2) is 13.2 Å². The van der Waals surface area contributed by atoms with Gasteiger partial charge in [-0.2, -0.15) is 0 Å². The number of halogens is 3. The summed E-state index contributed by atoms with van der Waals surface area (Å²) >= 11 is 0. The van der Waals surface area contributed by atoms with Crippen LogP contribution in [0.2, 0.25) is 0 Å². The third-order valence-electron chi connectivity index (χ3n) is 4.87. The molecule has 0 unspecified atom stereocenters. The molecule has 27 heavy (non-hydrogen) atoms. The molecule has 3 aromatic rings. The number of benzene rings is 3. The minimum absolute atomic E-state index is 0.208. The van der Waals surface area contributed by atoms with Crippen molar-refractivity contribution in [1.82, 2.24) is 0 Å². The second kappa shape index (κ2) is 8.43. The van der Waals surface area contributed by atoms with E-state index in [-0.39, 0.29) is 11.1 Å². The molecule has 140 valence electrons. The first-order valence-corrected chi connectivity index (χ1v) is 9.34. The highest BCUT2D eigenvalue weighted by atomic mass is 19.3. The van der Waals surface area contributed by atoms with Crippen molar-refractivity contribution in [2.75, 3.05) is 0 Å². The maximum absolute atomic E-state index is 15.1. The lowest BCUT2D eigenvalue weighted by Crippen LogP contribution is -1.99. The van der Waals surface area contributed by atoms with E-state index < -0.39 is 17.8 Å². The van der Waals surface area contributed by atoms with Gasteiger partial charge in [-0.15, -0.1) is 0 Å². The second-order valence-electron chi connectivity index (χ2n) is 6.69. The third kappa shape index (κ3) is 4.08. The molecule has 0 aliphatic rings. The van der Waals surface area contributed by atoms with Crippen LogP contribution in [0, 0.1) is 5.82 Å². The lowest BCUT2D eigenvalue weighted by molar-refractivity contribution is 0.147. The van der Waals surface area contributed by atoms with E-state index in [0.29, 0.717) is 11.1 Å². The van der Waals surface area contributed by atoms with E-state index in [4.69, 9.17) is 0 Å². The molecule has 0 aliphatic carbocycles. The molecule has 0 atom stereocenters. The highest BCUT2D eigenvalue weighted by Gasteiger charge is 2.22. The molecule has 3 heteroatoms. The second-order valence-corrected chi connectivity index (χ2v) is 6.69. The van der Waals surface area contributed by atoms with E-state index in [0.717, 1.165) is 30.4 Å². The van der Waals surface area contributed by atoms with Crippen LogP contribution in [-0.2, 0) is 12.8 Å². The summed E-state index contributed by atoms with van der Waals surface area (Å²) in [6, 6.07) is 18.0. The zero-order valence-corrected chi connectivity index (χ0v) is 15.6. The Morgan fingerprint density at radius 3 is 1.74 bits per heavy atom. The Hall–Kier alpha value is -2.55. The Morgan fingerprint density at radius 1 is 0.704 bits per heavy atom. The lowest BCUT2D eigenvalue weighted by Gasteiger charge is -2.15. The molecule has 0 fully saturated rings. The molecule has 3 rings (SSSR count). The average molecular weight is 368 g/mol. The predicted octanol–water partition coefficient (Wildman–Crippen LogP) is 7.61. The van der Waals surface area contributed by atoms with E-state index in [1.54, 1.807) is 36.4 Å². The Labute approximate surface area is 158 Å². The number of hydrogen-bond acceptors (Lipinski definition) is 0.